The van der Waals surface area contributed by atoms with Gasteiger partial charge < -0.3 is 10.1 Å². The maximum absolute atomic E-state index is 13.3. The molecule has 1 N–H and O–H groups in total. The quantitative estimate of drug-likeness (QED) is 0.907. The zero-order valence-electron chi connectivity index (χ0n) is 10.8. The average Bonchev–Trinajstić information content (AvgIpc) is 3.26. The summed E-state index contributed by atoms with van der Waals surface area (Å²) in [5.41, 5.74) is 1.10. The highest BCUT2D eigenvalue weighted by Crippen LogP contribution is 2.24. The maximum Gasteiger partial charge on any atom is 0.219 e. The summed E-state index contributed by atoms with van der Waals surface area (Å²) in [5, 5.41) is 3.49. The van der Waals surface area contributed by atoms with Gasteiger partial charge in [0.2, 0.25) is 5.88 Å². The second-order valence-electron chi connectivity index (χ2n) is 4.84. The van der Waals surface area contributed by atoms with E-state index in [1.165, 1.54) is 25.0 Å². The van der Waals surface area contributed by atoms with Gasteiger partial charge in [0, 0.05) is 30.9 Å². The molecule has 0 atom stereocenters. The maximum atomic E-state index is 13.3. The van der Waals surface area contributed by atoms with Crippen LogP contribution in [0, 0.1) is 5.82 Å². The van der Waals surface area contributed by atoms with Gasteiger partial charge >= 0.3 is 0 Å². The molecular formula is C15H14ClFN2O. The van der Waals surface area contributed by atoms with Gasteiger partial charge in [0.15, 0.2) is 0 Å². The van der Waals surface area contributed by atoms with E-state index in [0.717, 1.165) is 12.1 Å². The third kappa shape index (κ3) is 3.46. The summed E-state index contributed by atoms with van der Waals surface area (Å²) in [6.07, 6.45) is 4.28. The molecule has 3 nitrogen and oxygen atoms in total. The minimum absolute atomic E-state index is 0.0757. The van der Waals surface area contributed by atoms with Crippen molar-refractivity contribution in [2.75, 3.05) is 0 Å². The van der Waals surface area contributed by atoms with Crippen LogP contribution in [0.5, 0.6) is 11.6 Å². The fraction of sp³-hybridized carbons (Fsp3) is 0.267. The van der Waals surface area contributed by atoms with Crippen molar-refractivity contribution in [3.63, 3.8) is 0 Å². The third-order valence-corrected chi connectivity index (χ3v) is 3.39. The summed E-state index contributed by atoms with van der Waals surface area (Å²) >= 11 is 5.62. The standard InChI is InChI=1S/C15H14ClFN2O/c16-13-5-4-12(7-14(13)17)20-15-6-1-10(9-19-15)8-18-11-2-3-11/h1,4-7,9,11,18H,2-3,8H2. The molecule has 0 bridgehead atoms. The molecule has 5 heteroatoms. The summed E-state index contributed by atoms with van der Waals surface area (Å²) in [6, 6.07) is 8.70. The van der Waals surface area contributed by atoms with Gasteiger partial charge in [-0.25, -0.2) is 9.37 Å². The Kier molecular flexibility index (Phi) is 3.85. The highest BCUT2D eigenvalue weighted by atomic mass is 35.5. The van der Waals surface area contributed by atoms with E-state index in [2.05, 4.69) is 10.3 Å². The van der Waals surface area contributed by atoms with Crippen LogP contribution in [0.15, 0.2) is 36.5 Å². The Bertz CT molecular complexity index is 599. The number of benzene rings is 1. The first kappa shape index (κ1) is 13.3. The van der Waals surface area contributed by atoms with E-state index < -0.39 is 5.82 Å². The van der Waals surface area contributed by atoms with Gasteiger partial charge in [0.25, 0.3) is 0 Å². The first-order valence-electron chi connectivity index (χ1n) is 6.52. The number of nitrogens with zero attached hydrogens (tertiary/aromatic N) is 1. The fourth-order valence-electron chi connectivity index (χ4n) is 1.79. The van der Waals surface area contributed by atoms with Crippen molar-refractivity contribution in [2.24, 2.45) is 0 Å². The summed E-state index contributed by atoms with van der Waals surface area (Å²) in [4.78, 5) is 4.21. The summed E-state index contributed by atoms with van der Waals surface area (Å²) < 4.78 is 18.8. The SMILES string of the molecule is Fc1cc(Oc2ccc(CNC3CC3)cn2)ccc1Cl. The Morgan fingerprint density at radius 3 is 2.80 bits per heavy atom. The minimum Gasteiger partial charge on any atom is -0.439 e. The molecule has 0 spiro atoms. The molecular weight excluding hydrogens is 279 g/mol. The van der Waals surface area contributed by atoms with E-state index in [1.807, 2.05) is 6.07 Å². The summed E-state index contributed by atoms with van der Waals surface area (Å²) in [6.45, 7) is 0.813. The van der Waals surface area contributed by atoms with E-state index in [-0.39, 0.29) is 5.02 Å². The van der Waals surface area contributed by atoms with Gasteiger partial charge in [0.1, 0.15) is 11.6 Å². The number of hydrogen-bond donors (Lipinski definition) is 1. The zero-order valence-corrected chi connectivity index (χ0v) is 11.5. The molecule has 3 rings (SSSR count). The molecule has 1 fully saturated rings. The van der Waals surface area contributed by atoms with Gasteiger partial charge in [0.05, 0.1) is 5.02 Å². The molecule has 1 aliphatic rings. The molecule has 0 aliphatic heterocycles. The van der Waals surface area contributed by atoms with Gasteiger partial charge in [-0.15, -0.1) is 0 Å². The number of pyridine rings is 1. The van der Waals surface area contributed by atoms with E-state index >= 15 is 0 Å². The predicted octanol–water partition coefficient (Wildman–Crippen LogP) is 3.92. The smallest absolute Gasteiger partial charge is 0.219 e. The molecule has 1 saturated carbocycles. The molecule has 1 aromatic heterocycles. The highest BCUT2D eigenvalue weighted by Gasteiger charge is 2.19. The molecule has 0 amide bonds. The van der Waals surface area contributed by atoms with Crippen molar-refractivity contribution in [3.05, 3.63) is 52.9 Å². The Hall–Kier alpha value is -1.65. The Morgan fingerprint density at radius 2 is 2.15 bits per heavy atom. The van der Waals surface area contributed by atoms with Crippen molar-refractivity contribution in [2.45, 2.75) is 25.4 Å². The Morgan fingerprint density at radius 1 is 1.30 bits per heavy atom. The molecule has 20 heavy (non-hydrogen) atoms. The Balaban J connectivity index is 1.62. The molecule has 0 unspecified atom stereocenters. The highest BCUT2D eigenvalue weighted by molar-refractivity contribution is 6.30. The Labute approximate surface area is 121 Å². The lowest BCUT2D eigenvalue weighted by Gasteiger charge is -2.07. The van der Waals surface area contributed by atoms with Crippen LogP contribution in [0.3, 0.4) is 0 Å². The van der Waals surface area contributed by atoms with Gasteiger partial charge in [-0.05, 0) is 30.5 Å². The van der Waals surface area contributed by atoms with Crippen LogP contribution < -0.4 is 10.1 Å². The zero-order chi connectivity index (χ0) is 13.9. The molecule has 2 aromatic rings. The van der Waals surface area contributed by atoms with Crippen molar-refractivity contribution in [1.82, 2.24) is 10.3 Å². The molecule has 0 saturated heterocycles. The topological polar surface area (TPSA) is 34.1 Å². The average molecular weight is 293 g/mol. The predicted molar refractivity (Wildman–Crippen MR) is 75.6 cm³/mol. The van der Waals surface area contributed by atoms with Crippen molar-refractivity contribution >= 4 is 11.6 Å². The summed E-state index contributed by atoms with van der Waals surface area (Å²) in [7, 11) is 0. The lowest BCUT2D eigenvalue weighted by Crippen LogP contribution is -2.15. The van der Waals surface area contributed by atoms with Gasteiger partial charge in [-0.2, -0.15) is 0 Å². The van der Waals surface area contributed by atoms with Crippen molar-refractivity contribution in [3.8, 4) is 11.6 Å². The molecule has 1 aromatic carbocycles. The normalized spacial score (nSPS) is 14.3. The van der Waals surface area contributed by atoms with Crippen molar-refractivity contribution < 1.29 is 9.13 Å². The van der Waals surface area contributed by atoms with Crippen LogP contribution in [0.4, 0.5) is 4.39 Å². The van der Waals surface area contributed by atoms with E-state index in [1.54, 1.807) is 18.3 Å². The van der Waals surface area contributed by atoms with Gasteiger partial charge in [-0.3, -0.25) is 0 Å². The minimum atomic E-state index is -0.505. The fourth-order valence-corrected chi connectivity index (χ4v) is 1.90. The number of hydrogen-bond acceptors (Lipinski definition) is 3. The molecule has 1 aliphatic carbocycles. The molecule has 104 valence electrons. The largest absolute Gasteiger partial charge is 0.439 e. The van der Waals surface area contributed by atoms with Crippen LogP contribution in [-0.4, -0.2) is 11.0 Å². The van der Waals surface area contributed by atoms with Crippen molar-refractivity contribution in [1.29, 1.82) is 0 Å². The number of nitrogens with one attached hydrogen (secondary N) is 1. The van der Waals surface area contributed by atoms with Gasteiger partial charge in [-0.1, -0.05) is 17.7 Å². The lowest BCUT2D eigenvalue weighted by molar-refractivity contribution is 0.457. The summed E-state index contributed by atoms with van der Waals surface area (Å²) in [5.74, 6) is 0.305. The van der Waals surface area contributed by atoms with Crippen LogP contribution in [-0.2, 0) is 6.54 Å². The van der Waals surface area contributed by atoms with E-state index in [0.29, 0.717) is 17.7 Å². The number of halogens is 2. The van der Waals surface area contributed by atoms with E-state index in [4.69, 9.17) is 16.3 Å². The number of rotatable bonds is 5. The molecule has 1 heterocycles. The first-order chi connectivity index (χ1) is 9.70. The lowest BCUT2D eigenvalue weighted by atomic mass is 10.3. The molecule has 0 radical (unpaired) electrons. The van der Waals surface area contributed by atoms with Crippen LogP contribution in [0.1, 0.15) is 18.4 Å². The van der Waals surface area contributed by atoms with Crippen LogP contribution in [0.2, 0.25) is 5.02 Å². The second kappa shape index (κ2) is 5.77. The van der Waals surface area contributed by atoms with Crippen LogP contribution >= 0.6 is 11.6 Å². The number of ether oxygens (including phenoxy) is 1. The third-order valence-electron chi connectivity index (χ3n) is 3.08. The number of aromatic nitrogens is 1. The van der Waals surface area contributed by atoms with E-state index in [9.17, 15) is 4.39 Å². The second-order valence-corrected chi connectivity index (χ2v) is 5.25. The monoisotopic (exact) mass is 292 g/mol. The van der Waals surface area contributed by atoms with Crippen LogP contribution in [0.25, 0.3) is 0 Å². The first-order valence-corrected chi connectivity index (χ1v) is 6.90.